The van der Waals surface area contributed by atoms with E-state index >= 15 is 0 Å². The van der Waals surface area contributed by atoms with Crippen molar-refractivity contribution in [2.75, 3.05) is 13.2 Å². The number of aryl methyl sites for hydroxylation is 1. The lowest BCUT2D eigenvalue weighted by atomic mass is 10.1. The van der Waals surface area contributed by atoms with Gasteiger partial charge in [-0.05, 0) is 30.9 Å². The number of aliphatic carboxylic acids is 1. The average molecular weight is 517 g/mol. The summed E-state index contributed by atoms with van der Waals surface area (Å²) in [6.45, 7) is 9.18. The number of rotatable bonds is 11. The quantitative estimate of drug-likeness (QED) is 0.385. The lowest BCUT2D eigenvalue weighted by molar-refractivity contribution is -0.141. The van der Waals surface area contributed by atoms with E-state index in [9.17, 15) is 24.3 Å². The van der Waals surface area contributed by atoms with Crippen LogP contribution in [-0.2, 0) is 27.4 Å². The first-order valence-corrected chi connectivity index (χ1v) is 12.7. The molecule has 0 bridgehead atoms. The van der Waals surface area contributed by atoms with Crippen LogP contribution in [0.3, 0.4) is 0 Å². The van der Waals surface area contributed by atoms with Crippen molar-refractivity contribution in [3.8, 4) is 0 Å². The molecule has 0 fully saturated rings. The van der Waals surface area contributed by atoms with Crippen molar-refractivity contribution < 1.29 is 24.2 Å². The van der Waals surface area contributed by atoms with Crippen LogP contribution in [-0.4, -0.2) is 39.4 Å². The minimum atomic E-state index is -1.07. The first kappa shape index (κ1) is 27.3. The summed E-state index contributed by atoms with van der Waals surface area (Å²) in [5, 5.41) is 9.69. The van der Waals surface area contributed by atoms with E-state index in [2.05, 4.69) is 0 Å². The van der Waals surface area contributed by atoms with Crippen LogP contribution in [0.2, 0.25) is 0 Å². The number of aromatic nitrogens is 2. The van der Waals surface area contributed by atoms with Gasteiger partial charge in [-0.1, -0.05) is 51.1 Å². The fourth-order valence-corrected chi connectivity index (χ4v) is 5.05. The van der Waals surface area contributed by atoms with E-state index in [1.165, 1.54) is 11.5 Å². The first-order chi connectivity index (χ1) is 17.1. The zero-order valence-corrected chi connectivity index (χ0v) is 22.0. The molecule has 2 heterocycles. The van der Waals surface area contributed by atoms with Gasteiger partial charge >= 0.3 is 17.6 Å². The van der Waals surface area contributed by atoms with Crippen LogP contribution in [0.5, 0.6) is 0 Å². The standard InChI is InChI=1S/C26H32N2O7S/c1-6-34-25(32)21-17(5)20-22(29)27(26(33)28(23(20)36-21)12-16(4)24(30)31)13-19(35-14-15(2)3)18-10-8-7-9-11-18/h7-11,15-16,19H,6,12-14H2,1-5H3,(H,30,31)/t16?,19-/m1/s1. The summed E-state index contributed by atoms with van der Waals surface area (Å²) < 4.78 is 13.6. The molecule has 0 aliphatic carbocycles. The molecule has 1 aromatic carbocycles. The molecule has 0 spiro atoms. The highest BCUT2D eigenvalue weighted by Gasteiger charge is 2.27. The Balaban J connectivity index is 2.24. The minimum Gasteiger partial charge on any atom is -0.481 e. The molecule has 9 nitrogen and oxygen atoms in total. The van der Waals surface area contributed by atoms with Crippen LogP contribution in [0.1, 0.15) is 54.6 Å². The maximum absolute atomic E-state index is 13.7. The van der Waals surface area contributed by atoms with Gasteiger partial charge in [-0.2, -0.15) is 0 Å². The third-order valence-corrected chi connectivity index (χ3v) is 7.08. The number of carboxylic acid groups (broad SMARTS) is 1. The normalized spacial score (nSPS) is 13.2. The van der Waals surface area contributed by atoms with Crippen molar-refractivity contribution in [3.63, 3.8) is 0 Å². The molecule has 0 amide bonds. The smallest absolute Gasteiger partial charge is 0.348 e. The molecule has 1 unspecified atom stereocenters. The van der Waals surface area contributed by atoms with Gasteiger partial charge in [0.1, 0.15) is 15.8 Å². The van der Waals surface area contributed by atoms with Crippen LogP contribution in [0.25, 0.3) is 10.2 Å². The maximum atomic E-state index is 13.7. The second kappa shape index (κ2) is 11.7. The Kier molecular flexibility index (Phi) is 8.86. The molecule has 1 N–H and O–H groups in total. The highest BCUT2D eigenvalue weighted by atomic mass is 32.1. The third-order valence-electron chi connectivity index (χ3n) is 5.78. The largest absolute Gasteiger partial charge is 0.481 e. The fraction of sp³-hybridized carbons (Fsp3) is 0.462. The first-order valence-electron chi connectivity index (χ1n) is 11.9. The van der Waals surface area contributed by atoms with Crippen molar-refractivity contribution >= 4 is 33.5 Å². The Morgan fingerprint density at radius 2 is 1.72 bits per heavy atom. The van der Waals surface area contributed by atoms with Crippen molar-refractivity contribution in [1.29, 1.82) is 0 Å². The number of thiophene rings is 1. The Bertz CT molecular complexity index is 1350. The zero-order valence-electron chi connectivity index (χ0n) is 21.1. The molecule has 0 saturated carbocycles. The maximum Gasteiger partial charge on any atom is 0.348 e. The summed E-state index contributed by atoms with van der Waals surface area (Å²) in [5.41, 5.74) is 0.0199. The Morgan fingerprint density at radius 1 is 1.06 bits per heavy atom. The van der Waals surface area contributed by atoms with E-state index in [-0.39, 0.29) is 40.7 Å². The highest BCUT2D eigenvalue weighted by molar-refractivity contribution is 7.20. The van der Waals surface area contributed by atoms with Crippen LogP contribution < -0.4 is 11.2 Å². The number of ether oxygens (including phenoxy) is 2. The van der Waals surface area contributed by atoms with Gasteiger partial charge in [-0.3, -0.25) is 18.7 Å². The van der Waals surface area contributed by atoms with E-state index < -0.39 is 35.2 Å². The second-order valence-electron chi connectivity index (χ2n) is 9.13. The van der Waals surface area contributed by atoms with Crippen molar-refractivity contribution in [2.45, 2.75) is 53.8 Å². The van der Waals surface area contributed by atoms with E-state index in [4.69, 9.17) is 9.47 Å². The van der Waals surface area contributed by atoms with E-state index in [1.807, 2.05) is 44.2 Å². The number of benzene rings is 1. The number of esters is 1. The molecule has 0 aliphatic rings. The second-order valence-corrected chi connectivity index (χ2v) is 10.1. The molecule has 0 saturated heterocycles. The molecule has 2 atom stereocenters. The highest BCUT2D eigenvalue weighted by Crippen LogP contribution is 2.29. The Labute approximate surface area is 212 Å². The molecular formula is C26H32N2O7S. The van der Waals surface area contributed by atoms with Crippen molar-refractivity contribution in [1.82, 2.24) is 9.13 Å². The summed E-state index contributed by atoms with van der Waals surface area (Å²) in [5.74, 6) is -2.33. The van der Waals surface area contributed by atoms with Gasteiger partial charge in [0.05, 0.1) is 24.5 Å². The zero-order chi connectivity index (χ0) is 26.6. The van der Waals surface area contributed by atoms with E-state index in [0.717, 1.165) is 21.5 Å². The molecular weight excluding hydrogens is 484 g/mol. The van der Waals surface area contributed by atoms with Crippen LogP contribution >= 0.6 is 11.3 Å². The summed E-state index contributed by atoms with van der Waals surface area (Å²) in [7, 11) is 0. The number of carbonyl (C=O) groups is 2. The number of carbonyl (C=O) groups excluding carboxylic acids is 1. The summed E-state index contributed by atoms with van der Waals surface area (Å²) in [6.07, 6.45) is -0.578. The summed E-state index contributed by atoms with van der Waals surface area (Å²) >= 11 is 0.970. The molecule has 0 aliphatic heterocycles. The van der Waals surface area contributed by atoms with Gasteiger partial charge < -0.3 is 14.6 Å². The van der Waals surface area contributed by atoms with Crippen LogP contribution in [0.15, 0.2) is 39.9 Å². The number of hydrogen-bond donors (Lipinski definition) is 1. The predicted octanol–water partition coefficient (Wildman–Crippen LogP) is 3.84. The molecule has 3 rings (SSSR count). The molecule has 10 heteroatoms. The third kappa shape index (κ3) is 5.76. The van der Waals surface area contributed by atoms with E-state index in [1.54, 1.807) is 13.8 Å². The fourth-order valence-electron chi connectivity index (χ4n) is 3.86. The van der Waals surface area contributed by atoms with Crippen LogP contribution in [0.4, 0.5) is 0 Å². The predicted molar refractivity (Wildman–Crippen MR) is 138 cm³/mol. The van der Waals surface area contributed by atoms with Crippen molar-refractivity contribution in [3.05, 3.63) is 67.2 Å². The van der Waals surface area contributed by atoms with Gasteiger partial charge in [0, 0.05) is 13.2 Å². The molecule has 2 aromatic heterocycles. The lowest BCUT2D eigenvalue weighted by Gasteiger charge is -2.21. The number of carboxylic acids is 1. The van der Waals surface area contributed by atoms with Gasteiger partial charge in [0.2, 0.25) is 0 Å². The average Bonchev–Trinajstić information content (AvgIpc) is 3.18. The van der Waals surface area contributed by atoms with Gasteiger partial charge in [-0.15, -0.1) is 11.3 Å². The molecule has 194 valence electrons. The summed E-state index contributed by atoms with van der Waals surface area (Å²) in [4.78, 5) is 52.0. The molecule has 0 radical (unpaired) electrons. The number of nitrogens with zero attached hydrogens (tertiary/aromatic N) is 2. The van der Waals surface area contributed by atoms with Gasteiger partial charge in [0.15, 0.2) is 0 Å². The summed E-state index contributed by atoms with van der Waals surface area (Å²) in [6, 6.07) is 9.32. The monoisotopic (exact) mass is 516 g/mol. The molecule has 36 heavy (non-hydrogen) atoms. The van der Waals surface area contributed by atoms with Gasteiger partial charge in [-0.25, -0.2) is 9.59 Å². The number of hydrogen-bond acceptors (Lipinski definition) is 7. The van der Waals surface area contributed by atoms with Crippen LogP contribution in [0, 0.1) is 18.8 Å². The Hall–Kier alpha value is -3.24. The Morgan fingerprint density at radius 3 is 2.31 bits per heavy atom. The molecule has 3 aromatic rings. The minimum absolute atomic E-state index is 0.0597. The van der Waals surface area contributed by atoms with Gasteiger partial charge in [0.25, 0.3) is 5.56 Å². The van der Waals surface area contributed by atoms with E-state index in [0.29, 0.717) is 12.2 Å². The lowest BCUT2D eigenvalue weighted by Crippen LogP contribution is -2.42. The van der Waals surface area contributed by atoms with Crippen molar-refractivity contribution in [2.24, 2.45) is 11.8 Å². The SMILES string of the molecule is CCOC(=O)c1sc2c(c1C)c(=O)n(C[C@@H](OCC(C)C)c1ccccc1)c(=O)n2CC(C)C(=O)O. The topological polar surface area (TPSA) is 117 Å². The number of fused-ring (bicyclic) bond motifs is 1.